The van der Waals surface area contributed by atoms with Gasteiger partial charge in [0.1, 0.15) is 10.8 Å². The van der Waals surface area contributed by atoms with Crippen LogP contribution in [0.5, 0.6) is 5.75 Å². The Morgan fingerprint density at radius 2 is 1.96 bits per heavy atom. The Bertz CT molecular complexity index is 843. The summed E-state index contributed by atoms with van der Waals surface area (Å²) in [6, 6.07) is 15.2. The minimum atomic E-state index is -0.218. The van der Waals surface area contributed by atoms with Crippen LogP contribution in [0, 0.1) is 0 Å². The smallest absolute Gasteiger partial charge is 0.241 e. The average Bonchev–Trinajstić information content (AvgIpc) is 3.05. The molecule has 5 nitrogen and oxygen atoms in total. The summed E-state index contributed by atoms with van der Waals surface area (Å²) >= 11 is 1.67. The molecule has 1 unspecified atom stereocenters. The van der Waals surface area contributed by atoms with Gasteiger partial charge in [-0.1, -0.05) is 19.1 Å². The molecule has 3 aromatic rings. The Morgan fingerprint density at radius 3 is 2.62 bits per heavy atom. The van der Waals surface area contributed by atoms with Gasteiger partial charge in [0, 0.05) is 5.69 Å². The second-order valence-electron chi connectivity index (χ2n) is 6.13. The molecule has 0 aliphatic heterocycles. The lowest BCUT2D eigenvalue weighted by Crippen LogP contribution is -2.41. The first-order valence-electron chi connectivity index (χ1n) is 8.60. The van der Waals surface area contributed by atoms with Crippen LogP contribution in [0.3, 0.4) is 0 Å². The topological polar surface area (TPSA) is 54.5 Å². The number of aromatic nitrogens is 1. The molecule has 1 aromatic heterocycles. The largest absolute Gasteiger partial charge is 0.497 e. The molecule has 1 atom stereocenters. The molecule has 0 fully saturated rings. The molecule has 0 radical (unpaired) electrons. The normalized spacial score (nSPS) is 12.3. The first-order valence-corrected chi connectivity index (χ1v) is 9.42. The van der Waals surface area contributed by atoms with Gasteiger partial charge in [0.2, 0.25) is 5.91 Å². The van der Waals surface area contributed by atoms with E-state index < -0.39 is 0 Å². The fourth-order valence-electron chi connectivity index (χ4n) is 2.91. The number of hydrogen-bond donors (Lipinski definition) is 1. The SMILES string of the molecule is CCC(C(=O)Nc1ccc(OC)cc1)N(C)Cc1nc2ccccc2s1. The quantitative estimate of drug-likeness (QED) is 0.680. The number of ether oxygens (including phenoxy) is 1. The molecular weight excluding hydrogens is 346 g/mol. The average molecular weight is 369 g/mol. The monoisotopic (exact) mass is 369 g/mol. The Hall–Kier alpha value is -2.44. The van der Waals surface area contributed by atoms with Crippen molar-refractivity contribution in [2.75, 3.05) is 19.5 Å². The molecule has 0 saturated carbocycles. The highest BCUT2D eigenvalue weighted by atomic mass is 32.1. The van der Waals surface area contributed by atoms with Gasteiger partial charge >= 0.3 is 0 Å². The number of carbonyl (C=O) groups excluding carboxylic acids is 1. The number of likely N-dealkylation sites (N-methyl/N-ethyl adjacent to an activating group) is 1. The third kappa shape index (κ3) is 4.20. The van der Waals surface area contributed by atoms with Gasteiger partial charge in [0.15, 0.2) is 0 Å². The Labute approximate surface area is 157 Å². The summed E-state index contributed by atoms with van der Waals surface area (Å²) in [5.41, 5.74) is 1.78. The lowest BCUT2D eigenvalue weighted by atomic mass is 10.1. The van der Waals surface area contributed by atoms with E-state index in [1.807, 2.05) is 56.4 Å². The number of carbonyl (C=O) groups is 1. The van der Waals surface area contributed by atoms with Crippen LogP contribution in [-0.2, 0) is 11.3 Å². The summed E-state index contributed by atoms with van der Waals surface area (Å²) < 4.78 is 6.32. The molecule has 0 spiro atoms. The second-order valence-corrected chi connectivity index (χ2v) is 7.25. The van der Waals surface area contributed by atoms with Crippen LogP contribution in [-0.4, -0.2) is 36.0 Å². The number of para-hydroxylation sites is 1. The number of methoxy groups -OCH3 is 1. The molecule has 26 heavy (non-hydrogen) atoms. The third-order valence-electron chi connectivity index (χ3n) is 4.30. The van der Waals surface area contributed by atoms with Gasteiger partial charge in [-0.3, -0.25) is 9.69 Å². The Balaban J connectivity index is 1.66. The van der Waals surface area contributed by atoms with Gasteiger partial charge in [-0.25, -0.2) is 4.98 Å². The van der Waals surface area contributed by atoms with Crippen molar-refractivity contribution in [1.82, 2.24) is 9.88 Å². The number of hydrogen-bond acceptors (Lipinski definition) is 5. The van der Waals surface area contributed by atoms with Crippen LogP contribution in [0.1, 0.15) is 18.4 Å². The van der Waals surface area contributed by atoms with Crippen LogP contribution in [0.4, 0.5) is 5.69 Å². The number of rotatable bonds is 7. The van der Waals surface area contributed by atoms with Crippen LogP contribution in [0.25, 0.3) is 10.2 Å². The highest BCUT2D eigenvalue weighted by molar-refractivity contribution is 7.18. The van der Waals surface area contributed by atoms with Gasteiger partial charge in [-0.2, -0.15) is 0 Å². The van der Waals surface area contributed by atoms with E-state index >= 15 is 0 Å². The molecule has 0 aliphatic carbocycles. The molecule has 2 aromatic carbocycles. The van der Waals surface area contributed by atoms with Crippen molar-refractivity contribution in [3.63, 3.8) is 0 Å². The number of benzene rings is 2. The van der Waals surface area contributed by atoms with Crippen molar-refractivity contribution < 1.29 is 9.53 Å². The molecule has 0 saturated heterocycles. The fraction of sp³-hybridized carbons (Fsp3) is 0.300. The van der Waals surface area contributed by atoms with Crippen molar-refractivity contribution >= 4 is 33.1 Å². The maximum Gasteiger partial charge on any atom is 0.241 e. The van der Waals surface area contributed by atoms with Crippen LogP contribution in [0.15, 0.2) is 48.5 Å². The van der Waals surface area contributed by atoms with E-state index in [9.17, 15) is 4.79 Å². The van der Waals surface area contributed by atoms with Crippen LogP contribution >= 0.6 is 11.3 Å². The van der Waals surface area contributed by atoms with Crippen molar-refractivity contribution in [2.45, 2.75) is 25.9 Å². The minimum absolute atomic E-state index is 0.0127. The van der Waals surface area contributed by atoms with E-state index in [4.69, 9.17) is 4.74 Å². The molecule has 1 amide bonds. The van der Waals surface area contributed by atoms with Crippen LogP contribution < -0.4 is 10.1 Å². The summed E-state index contributed by atoms with van der Waals surface area (Å²) in [6.07, 6.45) is 0.726. The predicted molar refractivity (Wildman–Crippen MR) is 107 cm³/mol. The Kier molecular flexibility index (Phi) is 5.85. The van der Waals surface area contributed by atoms with Gasteiger partial charge in [-0.15, -0.1) is 11.3 Å². The number of nitrogens with zero attached hydrogens (tertiary/aromatic N) is 2. The number of nitrogens with one attached hydrogen (secondary N) is 1. The summed E-state index contributed by atoms with van der Waals surface area (Å²) in [5, 5.41) is 4.00. The second kappa shape index (κ2) is 8.29. The van der Waals surface area contributed by atoms with Crippen molar-refractivity contribution in [1.29, 1.82) is 0 Å². The van der Waals surface area contributed by atoms with Gasteiger partial charge in [-0.05, 0) is 49.9 Å². The Morgan fingerprint density at radius 1 is 1.23 bits per heavy atom. The first kappa shape index (κ1) is 18.4. The number of anilines is 1. The highest BCUT2D eigenvalue weighted by Crippen LogP contribution is 2.23. The zero-order chi connectivity index (χ0) is 18.5. The van der Waals surface area contributed by atoms with E-state index in [0.29, 0.717) is 6.54 Å². The van der Waals surface area contributed by atoms with Gasteiger partial charge in [0.25, 0.3) is 0 Å². The molecule has 6 heteroatoms. The lowest BCUT2D eigenvalue weighted by Gasteiger charge is -2.25. The zero-order valence-electron chi connectivity index (χ0n) is 15.2. The fourth-order valence-corrected chi connectivity index (χ4v) is 3.94. The van der Waals surface area contributed by atoms with Crippen molar-refractivity contribution in [3.05, 3.63) is 53.5 Å². The van der Waals surface area contributed by atoms with E-state index in [-0.39, 0.29) is 11.9 Å². The predicted octanol–water partition coefficient (Wildman–Crippen LogP) is 4.15. The van der Waals surface area contributed by atoms with Crippen LogP contribution in [0.2, 0.25) is 0 Å². The van der Waals surface area contributed by atoms with Crippen molar-refractivity contribution in [2.24, 2.45) is 0 Å². The first-order chi connectivity index (χ1) is 12.6. The van der Waals surface area contributed by atoms with Gasteiger partial charge < -0.3 is 10.1 Å². The standard InChI is InChI=1S/C20H23N3O2S/c1-4-17(20(24)21-14-9-11-15(25-3)12-10-14)23(2)13-19-22-16-7-5-6-8-18(16)26-19/h5-12,17H,4,13H2,1-3H3,(H,21,24). The summed E-state index contributed by atoms with van der Waals surface area (Å²) in [7, 11) is 3.59. The zero-order valence-corrected chi connectivity index (χ0v) is 16.0. The molecule has 136 valence electrons. The lowest BCUT2D eigenvalue weighted by molar-refractivity contribution is -0.121. The molecule has 3 rings (SSSR count). The maximum absolute atomic E-state index is 12.7. The maximum atomic E-state index is 12.7. The van der Waals surface area contributed by atoms with E-state index in [2.05, 4.69) is 21.3 Å². The number of amides is 1. The van der Waals surface area contributed by atoms with Gasteiger partial charge in [0.05, 0.1) is 29.9 Å². The summed E-state index contributed by atoms with van der Waals surface area (Å²) in [5.74, 6) is 0.754. The van der Waals surface area contributed by atoms with E-state index in [1.165, 1.54) is 4.70 Å². The van der Waals surface area contributed by atoms with E-state index in [0.717, 1.165) is 28.4 Å². The third-order valence-corrected chi connectivity index (χ3v) is 5.32. The minimum Gasteiger partial charge on any atom is -0.497 e. The summed E-state index contributed by atoms with van der Waals surface area (Å²) in [4.78, 5) is 19.4. The van der Waals surface area contributed by atoms with Crippen molar-refractivity contribution in [3.8, 4) is 5.75 Å². The number of thiazole rings is 1. The number of fused-ring (bicyclic) bond motifs is 1. The summed E-state index contributed by atoms with van der Waals surface area (Å²) in [6.45, 7) is 2.67. The highest BCUT2D eigenvalue weighted by Gasteiger charge is 2.22. The molecule has 0 bridgehead atoms. The van der Waals surface area contributed by atoms with E-state index in [1.54, 1.807) is 18.4 Å². The molecule has 0 aliphatic rings. The molecular formula is C20H23N3O2S. The molecule has 1 N–H and O–H groups in total. The molecule has 1 heterocycles.